The molecule has 0 bridgehead atoms. The van der Waals surface area contributed by atoms with E-state index in [1.165, 1.54) is 0 Å². The molecule has 1 aliphatic rings. The Morgan fingerprint density at radius 2 is 2.29 bits per heavy atom. The maximum atomic E-state index is 11.8. The van der Waals surface area contributed by atoms with Crippen molar-refractivity contribution in [2.45, 2.75) is 18.8 Å². The molecular formula is C11H11BrN4O. The first-order chi connectivity index (χ1) is 8.16. The second-order valence-electron chi connectivity index (χ2n) is 4.28. The SMILES string of the molecule is Cn1cncc1-c1nc(C2CC2)c(Br)c(=O)[nH]1. The summed E-state index contributed by atoms with van der Waals surface area (Å²) >= 11 is 3.31. The van der Waals surface area contributed by atoms with Gasteiger partial charge in [0.05, 0.1) is 18.2 Å². The minimum atomic E-state index is -0.127. The lowest BCUT2D eigenvalue weighted by molar-refractivity contribution is 0.890. The molecule has 0 atom stereocenters. The second kappa shape index (κ2) is 3.80. The first-order valence-electron chi connectivity index (χ1n) is 5.43. The van der Waals surface area contributed by atoms with Gasteiger partial charge in [-0.3, -0.25) is 4.79 Å². The lowest BCUT2D eigenvalue weighted by Gasteiger charge is -2.05. The average Bonchev–Trinajstić information content (AvgIpc) is 3.05. The summed E-state index contributed by atoms with van der Waals surface area (Å²) in [5.74, 6) is 1.01. The van der Waals surface area contributed by atoms with E-state index in [9.17, 15) is 4.79 Å². The van der Waals surface area contributed by atoms with E-state index in [1.54, 1.807) is 12.5 Å². The van der Waals surface area contributed by atoms with Gasteiger partial charge in [-0.2, -0.15) is 0 Å². The Hall–Kier alpha value is -1.43. The lowest BCUT2D eigenvalue weighted by Crippen LogP contribution is -2.14. The van der Waals surface area contributed by atoms with Gasteiger partial charge in [0.1, 0.15) is 10.2 Å². The van der Waals surface area contributed by atoms with Crippen molar-refractivity contribution in [3.63, 3.8) is 0 Å². The molecule has 1 saturated carbocycles. The van der Waals surface area contributed by atoms with E-state index in [1.807, 2.05) is 11.6 Å². The summed E-state index contributed by atoms with van der Waals surface area (Å²) in [6.07, 6.45) is 5.61. The number of halogens is 1. The van der Waals surface area contributed by atoms with Gasteiger partial charge in [0, 0.05) is 13.0 Å². The minimum absolute atomic E-state index is 0.127. The van der Waals surface area contributed by atoms with E-state index >= 15 is 0 Å². The minimum Gasteiger partial charge on any atom is -0.331 e. The summed E-state index contributed by atoms with van der Waals surface area (Å²) in [4.78, 5) is 23.2. The van der Waals surface area contributed by atoms with Crippen molar-refractivity contribution in [3.8, 4) is 11.5 Å². The summed E-state index contributed by atoms with van der Waals surface area (Å²) in [5.41, 5.74) is 1.56. The molecule has 0 saturated heterocycles. The van der Waals surface area contributed by atoms with Gasteiger partial charge in [-0.1, -0.05) is 0 Å². The maximum Gasteiger partial charge on any atom is 0.265 e. The van der Waals surface area contributed by atoms with Crippen LogP contribution in [0.4, 0.5) is 0 Å². The second-order valence-corrected chi connectivity index (χ2v) is 5.07. The topological polar surface area (TPSA) is 63.6 Å². The molecule has 1 fully saturated rings. The van der Waals surface area contributed by atoms with Crippen molar-refractivity contribution in [3.05, 3.63) is 33.0 Å². The van der Waals surface area contributed by atoms with Crippen LogP contribution in [0.3, 0.4) is 0 Å². The molecule has 2 heterocycles. The Balaban J connectivity index is 2.18. The van der Waals surface area contributed by atoms with Crippen LogP contribution in [0, 0.1) is 0 Å². The molecule has 3 rings (SSSR count). The number of nitrogens with one attached hydrogen (secondary N) is 1. The van der Waals surface area contributed by atoms with Crippen molar-refractivity contribution >= 4 is 15.9 Å². The number of aromatic nitrogens is 4. The zero-order valence-electron chi connectivity index (χ0n) is 9.27. The van der Waals surface area contributed by atoms with Crippen LogP contribution in [0.25, 0.3) is 11.5 Å². The quantitative estimate of drug-likeness (QED) is 0.919. The molecule has 0 aliphatic heterocycles. The van der Waals surface area contributed by atoms with Crippen molar-refractivity contribution in [1.82, 2.24) is 19.5 Å². The number of imidazole rings is 1. The van der Waals surface area contributed by atoms with Gasteiger partial charge in [0.2, 0.25) is 0 Å². The predicted octanol–water partition coefficient (Wildman–Crippen LogP) is 1.81. The van der Waals surface area contributed by atoms with Gasteiger partial charge in [-0.15, -0.1) is 0 Å². The van der Waals surface area contributed by atoms with Crippen molar-refractivity contribution in [1.29, 1.82) is 0 Å². The Kier molecular flexibility index (Phi) is 2.39. The number of H-pyrrole nitrogens is 1. The summed E-state index contributed by atoms with van der Waals surface area (Å²) in [5, 5.41) is 0. The van der Waals surface area contributed by atoms with Crippen LogP contribution in [0.5, 0.6) is 0 Å². The zero-order chi connectivity index (χ0) is 12.0. The number of nitrogens with zero attached hydrogens (tertiary/aromatic N) is 3. The molecular weight excluding hydrogens is 284 g/mol. The first-order valence-corrected chi connectivity index (χ1v) is 6.22. The Morgan fingerprint density at radius 1 is 1.53 bits per heavy atom. The van der Waals surface area contributed by atoms with E-state index in [0.29, 0.717) is 16.2 Å². The van der Waals surface area contributed by atoms with Gasteiger partial charge >= 0.3 is 0 Å². The largest absolute Gasteiger partial charge is 0.331 e. The first kappa shape index (κ1) is 10.7. The van der Waals surface area contributed by atoms with Gasteiger partial charge in [0.25, 0.3) is 5.56 Å². The normalized spacial score (nSPS) is 15.2. The van der Waals surface area contributed by atoms with E-state index < -0.39 is 0 Å². The summed E-state index contributed by atoms with van der Waals surface area (Å²) in [6, 6.07) is 0. The third-order valence-corrected chi connectivity index (χ3v) is 3.68. The van der Waals surface area contributed by atoms with E-state index in [2.05, 4.69) is 30.9 Å². The van der Waals surface area contributed by atoms with Crippen molar-refractivity contribution in [2.75, 3.05) is 0 Å². The highest BCUT2D eigenvalue weighted by Crippen LogP contribution is 2.41. The fraction of sp³-hybridized carbons (Fsp3) is 0.364. The third kappa shape index (κ3) is 1.82. The summed E-state index contributed by atoms with van der Waals surface area (Å²) in [7, 11) is 1.88. The number of hydrogen-bond donors (Lipinski definition) is 1. The number of rotatable bonds is 2. The Labute approximate surface area is 106 Å². The van der Waals surface area contributed by atoms with Gasteiger partial charge in [0.15, 0.2) is 5.82 Å². The van der Waals surface area contributed by atoms with Crippen LogP contribution in [-0.4, -0.2) is 19.5 Å². The highest BCUT2D eigenvalue weighted by Gasteiger charge is 2.29. The molecule has 0 radical (unpaired) electrons. The van der Waals surface area contributed by atoms with Gasteiger partial charge in [-0.25, -0.2) is 9.97 Å². The monoisotopic (exact) mass is 294 g/mol. The molecule has 17 heavy (non-hydrogen) atoms. The summed E-state index contributed by atoms with van der Waals surface area (Å²) < 4.78 is 2.40. The third-order valence-electron chi connectivity index (χ3n) is 2.91. The van der Waals surface area contributed by atoms with E-state index in [0.717, 1.165) is 24.2 Å². The molecule has 1 N–H and O–H groups in total. The maximum absolute atomic E-state index is 11.8. The number of aryl methyl sites for hydroxylation is 1. The van der Waals surface area contributed by atoms with Crippen LogP contribution in [-0.2, 0) is 7.05 Å². The number of aromatic amines is 1. The van der Waals surface area contributed by atoms with Gasteiger partial charge in [-0.05, 0) is 28.8 Å². The van der Waals surface area contributed by atoms with Crippen LogP contribution in [0.1, 0.15) is 24.5 Å². The molecule has 5 nitrogen and oxygen atoms in total. The van der Waals surface area contributed by atoms with E-state index in [-0.39, 0.29) is 5.56 Å². The fourth-order valence-electron chi connectivity index (χ4n) is 1.81. The molecule has 88 valence electrons. The highest BCUT2D eigenvalue weighted by atomic mass is 79.9. The van der Waals surface area contributed by atoms with Crippen molar-refractivity contribution < 1.29 is 0 Å². The van der Waals surface area contributed by atoms with E-state index in [4.69, 9.17) is 0 Å². The molecule has 0 amide bonds. The summed E-state index contributed by atoms with van der Waals surface area (Å²) in [6.45, 7) is 0. The Bertz CT molecular complexity index is 627. The molecule has 0 aromatic carbocycles. The smallest absolute Gasteiger partial charge is 0.265 e. The lowest BCUT2D eigenvalue weighted by atomic mass is 10.2. The zero-order valence-corrected chi connectivity index (χ0v) is 10.9. The van der Waals surface area contributed by atoms with Gasteiger partial charge < -0.3 is 9.55 Å². The standard InChI is InChI=1S/C11H11BrN4O/c1-16-5-13-4-7(16)10-14-9(6-2-3-6)8(12)11(17)15-10/h4-6H,2-3H2,1H3,(H,14,15,17). The van der Waals surface area contributed by atoms with Crippen LogP contribution in [0.2, 0.25) is 0 Å². The molecule has 2 aromatic heterocycles. The fourth-order valence-corrected chi connectivity index (χ4v) is 2.32. The van der Waals surface area contributed by atoms with Crippen LogP contribution in [0.15, 0.2) is 21.8 Å². The Morgan fingerprint density at radius 3 is 2.88 bits per heavy atom. The van der Waals surface area contributed by atoms with Crippen LogP contribution < -0.4 is 5.56 Å². The van der Waals surface area contributed by atoms with Crippen molar-refractivity contribution in [2.24, 2.45) is 7.05 Å². The highest BCUT2D eigenvalue weighted by molar-refractivity contribution is 9.10. The molecule has 2 aromatic rings. The molecule has 0 unspecified atom stereocenters. The predicted molar refractivity (Wildman–Crippen MR) is 66.7 cm³/mol. The molecule has 1 aliphatic carbocycles. The van der Waals surface area contributed by atoms with Crippen LogP contribution >= 0.6 is 15.9 Å². The molecule has 6 heteroatoms. The number of hydrogen-bond acceptors (Lipinski definition) is 3. The average molecular weight is 295 g/mol. The molecule has 0 spiro atoms.